The van der Waals surface area contributed by atoms with Gasteiger partial charge in [0.05, 0.1) is 18.5 Å². The summed E-state index contributed by atoms with van der Waals surface area (Å²) in [6.07, 6.45) is 1.57. The lowest BCUT2D eigenvalue weighted by Crippen LogP contribution is -2.44. The number of aliphatic hydroxyl groups is 2. The summed E-state index contributed by atoms with van der Waals surface area (Å²) in [5, 5.41) is 23.3. The van der Waals surface area contributed by atoms with Crippen LogP contribution >= 0.6 is 0 Å². The van der Waals surface area contributed by atoms with E-state index in [1.54, 1.807) is 6.92 Å². The van der Waals surface area contributed by atoms with E-state index < -0.39 is 36.1 Å². The molecule has 116 valence electrons. The van der Waals surface area contributed by atoms with Crippen molar-refractivity contribution in [3.05, 3.63) is 28.1 Å². The fourth-order valence-corrected chi connectivity index (χ4v) is 2.51. The zero-order valence-corrected chi connectivity index (χ0v) is 11.5. The van der Waals surface area contributed by atoms with Crippen molar-refractivity contribution in [3.8, 4) is 12.3 Å². The van der Waals surface area contributed by atoms with Gasteiger partial charge in [-0.3, -0.25) is 4.79 Å². The number of ether oxygens (including phenoxy) is 1. The van der Waals surface area contributed by atoms with E-state index in [9.17, 15) is 19.4 Å². The van der Waals surface area contributed by atoms with E-state index in [2.05, 4.69) is 21.0 Å². The highest BCUT2D eigenvalue weighted by molar-refractivity contribution is 5.37. The summed E-state index contributed by atoms with van der Waals surface area (Å²) in [6.45, 7) is 0.812. The van der Waals surface area contributed by atoms with E-state index in [0.717, 1.165) is 4.52 Å². The Balaban J connectivity index is 2.13. The number of hydrogen-bond acceptors (Lipinski definition) is 6. The summed E-state index contributed by atoms with van der Waals surface area (Å²) in [4.78, 5) is 18.1. The zero-order chi connectivity index (χ0) is 16.1. The molecule has 0 aliphatic carbocycles. The van der Waals surface area contributed by atoms with Crippen molar-refractivity contribution in [2.24, 2.45) is 0 Å². The highest BCUT2D eigenvalue weighted by Crippen LogP contribution is 2.41. The summed E-state index contributed by atoms with van der Waals surface area (Å²) in [7, 11) is 0. The van der Waals surface area contributed by atoms with Crippen LogP contribution in [0.15, 0.2) is 11.0 Å². The molecule has 0 spiro atoms. The van der Waals surface area contributed by atoms with Crippen LogP contribution in [0, 0.1) is 19.3 Å². The van der Waals surface area contributed by atoms with Crippen LogP contribution in [-0.4, -0.2) is 54.3 Å². The number of fused-ring (bicyclic) bond motifs is 1. The Hall–Kier alpha value is -2.28. The first-order valence-corrected chi connectivity index (χ1v) is 6.46. The molecular formula is C13H13FN4O4. The van der Waals surface area contributed by atoms with Gasteiger partial charge in [-0.05, 0) is 6.92 Å². The Morgan fingerprint density at radius 1 is 1.68 bits per heavy atom. The SMILES string of the molecule is C#C[C@]1(CO)O[C@@H](c2cnc3c(=O)[nH]c(C)nn23)[C@H](F)[C@@H]1O. The average Bonchev–Trinajstić information content (AvgIpc) is 3.01. The average molecular weight is 308 g/mol. The highest BCUT2D eigenvalue weighted by atomic mass is 19.1. The lowest BCUT2D eigenvalue weighted by molar-refractivity contribution is -0.0732. The third-order valence-electron chi connectivity index (χ3n) is 3.69. The maximum absolute atomic E-state index is 14.4. The second-order valence-corrected chi connectivity index (χ2v) is 5.08. The van der Waals surface area contributed by atoms with E-state index in [4.69, 9.17) is 11.2 Å². The molecule has 2 aromatic heterocycles. The monoisotopic (exact) mass is 308 g/mol. The van der Waals surface area contributed by atoms with Gasteiger partial charge in [0.25, 0.3) is 5.56 Å². The molecule has 3 N–H and O–H groups in total. The molecule has 8 nitrogen and oxygen atoms in total. The van der Waals surface area contributed by atoms with Crippen LogP contribution in [0.3, 0.4) is 0 Å². The molecule has 2 aromatic rings. The Kier molecular flexibility index (Phi) is 3.25. The van der Waals surface area contributed by atoms with Crippen LogP contribution in [0.25, 0.3) is 5.65 Å². The number of hydrogen-bond donors (Lipinski definition) is 3. The molecule has 4 atom stereocenters. The maximum atomic E-state index is 14.4. The minimum Gasteiger partial charge on any atom is -0.392 e. The first-order chi connectivity index (χ1) is 10.4. The summed E-state index contributed by atoms with van der Waals surface area (Å²) >= 11 is 0. The van der Waals surface area contributed by atoms with Gasteiger partial charge in [-0.1, -0.05) is 5.92 Å². The summed E-state index contributed by atoms with van der Waals surface area (Å²) in [6, 6.07) is 0. The number of nitrogens with one attached hydrogen (secondary N) is 1. The smallest absolute Gasteiger partial charge is 0.294 e. The largest absolute Gasteiger partial charge is 0.392 e. The predicted octanol–water partition coefficient (Wildman–Crippen LogP) is -1.14. The number of H-pyrrole nitrogens is 1. The number of terminal acetylenes is 1. The van der Waals surface area contributed by atoms with Crippen molar-refractivity contribution in [1.29, 1.82) is 0 Å². The van der Waals surface area contributed by atoms with Gasteiger partial charge in [0, 0.05) is 0 Å². The number of aliphatic hydroxyl groups excluding tert-OH is 2. The summed E-state index contributed by atoms with van der Waals surface area (Å²) in [5.41, 5.74) is -2.24. The molecule has 0 radical (unpaired) electrons. The van der Waals surface area contributed by atoms with Crippen LogP contribution in [-0.2, 0) is 4.74 Å². The van der Waals surface area contributed by atoms with Crippen molar-refractivity contribution in [2.45, 2.75) is 30.9 Å². The van der Waals surface area contributed by atoms with Crippen molar-refractivity contribution in [3.63, 3.8) is 0 Å². The molecule has 9 heteroatoms. The number of rotatable bonds is 2. The molecule has 3 heterocycles. The Morgan fingerprint density at radius 2 is 2.41 bits per heavy atom. The number of alkyl halides is 1. The molecule has 1 fully saturated rings. The number of aromatic nitrogens is 4. The van der Waals surface area contributed by atoms with E-state index in [0.29, 0.717) is 5.82 Å². The van der Waals surface area contributed by atoms with E-state index >= 15 is 0 Å². The van der Waals surface area contributed by atoms with Crippen LogP contribution in [0.4, 0.5) is 4.39 Å². The quantitative estimate of drug-likeness (QED) is 0.605. The van der Waals surface area contributed by atoms with Crippen molar-refractivity contribution < 1.29 is 19.3 Å². The molecule has 0 saturated carbocycles. The third kappa shape index (κ3) is 1.85. The molecule has 1 saturated heterocycles. The lowest BCUT2D eigenvalue weighted by Gasteiger charge is -2.23. The van der Waals surface area contributed by atoms with Crippen molar-refractivity contribution in [1.82, 2.24) is 19.6 Å². The van der Waals surface area contributed by atoms with Crippen LogP contribution < -0.4 is 5.56 Å². The van der Waals surface area contributed by atoms with Gasteiger partial charge in [-0.15, -0.1) is 6.42 Å². The van der Waals surface area contributed by atoms with Crippen LogP contribution in [0.1, 0.15) is 17.6 Å². The first kappa shape index (κ1) is 14.6. The summed E-state index contributed by atoms with van der Waals surface area (Å²) < 4.78 is 20.9. The summed E-state index contributed by atoms with van der Waals surface area (Å²) in [5.74, 6) is 2.39. The number of aryl methyl sites for hydroxylation is 1. The topological polar surface area (TPSA) is 113 Å². The first-order valence-electron chi connectivity index (χ1n) is 6.46. The molecule has 0 unspecified atom stereocenters. The fraction of sp³-hybridized carbons (Fsp3) is 0.462. The Morgan fingerprint density at radius 3 is 3.00 bits per heavy atom. The van der Waals surface area contributed by atoms with Gasteiger partial charge in [0.2, 0.25) is 5.65 Å². The number of nitrogens with zero attached hydrogens (tertiary/aromatic N) is 3. The molecule has 1 aliphatic heterocycles. The molecular weight excluding hydrogens is 295 g/mol. The molecule has 3 rings (SSSR count). The Labute approximate surface area is 123 Å². The maximum Gasteiger partial charge on any atom is 0.294 e. The van der Waals surface area contributed by atoms with E-state index in [-0.39, 0.29) is 11.3 Å². The second kappa shape index (κ2) is 4.88. The predicted molar refractivity (Wildman–Crippen MR) is 71.7 cm³/mol. The number of halogens is 1. The molecule has 0 bridgehead atoms. The molecule has 0 aromatic carbocycles. The van der Waals surface area contributed by atoms with Gasteiger partial charge in [-0.25, -0.2) is 13.9 Å². The van der Waals surface area contributed by atoms with Gasteiger partial charge in [0.15, 0.2) is 11.8 Å². The normalized spacial score (nSPS) is 31.5. The minimum atomic E-state index is -1.90. The van der Waals surface area contributed by atoms with Crippen LogP contribution in [0.5, 0.6) is 0 Å². The molecule has 22 heavy (non-hydrogen) atoms. The zero-order valence-electron chi connectivity index (χ0n) is 11.5. The number of imidazole rings is 1. The lowest BCUT2D eigenvalue weighted by atomic mass is 9.96. The van der Waals surface area contributed by atoms with E-state index in [1.165, 1.54) is 6.20 Å². The van der Waals surface area contributed by atoms with Gasteiger partial charge in [-0.2, -0.15) is 5.10 Å². The second-order valence-electron chi connectivity index (χ2n) is 5.08. The van der Waals surface area contributed by atoms with Crippen LogP contribution in [0.2, 0.25) is 0 Å². The molecule has 0 amide bonds. The number of aromatic amines is 1. The Bertz CT molecular complexity index is 826. The van der Waals surface area contributed by atoms with Crippen molar-refractivity contribution >= 4 is 5.65 Å². The fourth-order valence-electron chi connectivity index (χ4n) is 2.51. The third-order valence-corrected chi connectivity index (χ3v) is 3.69. The van der Waals surface area contributed by atoms with Gasteiger partial charge in [0.1, 0.15) is 18.0 Å². The highest BCUT2D eigenvalue weighted by Gasteiger charge is 2.55. The van der Waals surface area contributed by atoms with Crippen molar-refractivity contribution in [2.75, 3.05) is 6.61 Å². The van der Waals surface area contributed by atoms with E-state index in [1.807, 2.05) is 0 Å². The van der Waals surface area contributed by atoms with Gasteiger partial charge < -0.3 is 19.9 Å². The van der Waals surface area contributed by atoms with Gasteiger partial charge >= 0.3 is 0 Å². The molecule has 1 aliphatic rings. The minimum absolute atomic E-state index is 0.0342. The standard InChI is InChI=1S/C13H13FN4O4/c1-3-13(5-19)10(20)8(14)9(22-13)7-4-15-11-12(21)16-6(2)17-18(7)11/h1,4,8-10,19-20H,5H2,2H3,(H,16,17,21)/t8-,9-,10-,13+/m0/s1.